The van der Waals surface area contributed by atoms with E-state index >= 15 is 0 Å². The third kappa shape index (κ3) is 2.23. The largest absolute Gasteiger partial charge is 0.496 e. The first-order chi connectivity index (χ1) is 8.86. The molecule has 1 fully saturated rings. The van der Waals surface area contributed by atoms with Crippen molar-refractivity contribution in [1.82, 2.24) is 10.2 Å². The third-order valence-electron chi connectivity index (χ3n) is 3.38. The van der Waals surface area contributed by atoms with Crippen LogP contribution in [0.25, 0.3) is 0 Å². The number of methoxy groups -OCH3 is 1. The Bertz CT molecular complexity index is 430. The van der Waals surface area contributed by atoms with Gasteiger partial charge in [0, 0.05) is 44.4 Å². The molecule has 1 aromatic rings. The maximum Gasteiger partial charge on any atom is 0.231 e. The Morgan fingerprint density at radius 1 is 1.22 bits per heavy atom. The van der Waals surface area contributed by atoms with Gasteiger partial charge >= 0.3 is 0 Å². The third-order valence-corrected chi connectivity index (χ3v) is 3.38. The molecule has 2 heterocycles. The van der Waals surface area contributed by atoms with Gasteiger partial charge < -0.3 is 19.5 Å². The highest BCUT2D eigenvalue weighted by atomic mass is 16.7. The van der Waals surface area contributed by atoms with Gasteiger partial charge in [-0.1, -0.05) is 0 Å². The molecule has 3 rings (SSSR count). The van der Waals surface area contributed by atoms with E-state index in [2.05, 4.69) is 10.2 Å². The average Bonchev–Trinajstić information content (AvgIpc) is 2.86. The summed E-state index contributed by atoms with van der Waals surface area (Å²) in [6.07, 6.45) is 0. The number of rotatable bonds is 3. The normalized spacial score (nSPS) is 18.9. The molecule has 1 N–H and O–H groups in total. The van der Waals surface area contributed by atoms with E-state index in [1.807, 2.05) is 12.1 Å². The maximum atomic E-state index is 5.43. The lowest BCUT2D eigenvalue weighted by atomic mass is 10.1. The van der Waals surface area contributed by atoms with Gasteiger partial charge in [0.15, 0.2) is 11.5 Å². The van der Waals surface area contributed by atoms with E-state index < -0.39 is 0 Å². The van der Waals surface area contributed by atoms with Crippen LogP contribution in [0.3, 0.4) is 0 Å². The Morgan fingerprint density at radius 2 is 1.94 bits per heavy atom. The molecule has 0 amide bonds. The lowest BCUT2D eigenvalue weighted by Crippen LogP contribution is -2.42. The van der Waals surface area contributed by atoms with Gasteiger partial charge in [0.05, 0.1) is 7.11 Å². The standard InChI is InChI=1S/C13H18N2O3/c1-16-11-7-13-12(17-9-18-13)6-10(11)8-15-4-2-14-3-5-15/h6-7,14H,2-5,8-9H2,1H3. The molecule has 1 saturated heterocycles. The number of ether oxygens (including phenoxy) is 3. The Hall–Kier alpha value is -1.46. The summed E-state index contributed by atoms with van der Waals surface area (Å²) in [4.78, 5) is 2.41. The Balaban J connectivity index is 1.81. The Morgan fingerprint density at radius 3 is 2.67 bits per heavy atom. The molecule has 0 bridgehead atoms. The van der Waals surface area contributed by atoms with E-state index in [1.165, 1.54) is 0 Å². The van der Waals surface area contributed by atoms with Crippen LogP contribution in [-0.4, -0.2) is 45.0 Å². The van der Waals surface area contributed by atoms with Crippen molar-refractivity contribution in [2.75, 3.05) is 40.1 Å². The number of nitrogens with zero attached hydrogens (tertiary/aromatic N) is 1. The van der Waals surface area contributed by atoms with Crippen LogP contribution in [0.15, 0.2) is 12.1 Å². The van der Waals surface area contributed by atoms with Gasteiger partial charge in [-0.15, -0.1) is 0 Å². The van der Waals surface area contributed by atoms with Crippen molar-refractivity contribution in [3.05, 3.63) is 17.7 Å². The SMILES string of the molecule is COc1cc2c(cc1CN1CCNCC1)OCO2. The molecule has 2 aliphatic heterocycles. The summed E-state index contributed by atoms with van der Waals surface area (Å²) in [5, 5.41) is 3.35. The van der Waals surface area contributed by atoms with E-state index in [1.54, 1.807) is 7.11 Å². The highest BCUT2D eigenvalue weighted by molar-refractivity contribution is 5.51. The molecule has 1 aromatic carbocycles. The van der Waals surface area contributed by atoms with Crippen molar-refractivity contribution in [2.45, 2.75) is 6.54 Å². The van der Waals surface area contributed by atoms with Crippen molar-refractivity contribution in [2.24, 2.45) is 0 Å². The lowest BCUT2D eigenvalue weighted by molar-refractivity contribution is 0.173. The van der Waals surface area contributed by atoms with Gasteiger partial charge in [-0.2, -0.15) is 0 Å². The molecule has 5 heteroatoms. The van der Waals surface area contributed by atoms with E-state index in [0.717, 1.165) is 55.5 Å². The number of benzene rings is 1. The summed E-state index contributed by atoms with van der Waals surface area (Å²) in [6.45, 7) is 5.42. The first-order valence-electron chi connectivity index (χ1n) is 6.26. The second kappa shape index (κ2) is 5.04. The number of hydrogen-bond donors (Lipinski definition) is 1. The van der Waals surface area contributed by atoms with Crippen LogP contribution < -0.4 is 19.5 Å². The van der Waals surface area contributed by atoms with E-state index in [0.29, 0.717) is 6.79 Å². The fourth-order valence-corrected chi connectivity index (χ4v) is 2.39. The highest BCUT2D eigenvalue weighted by Gasteiger charge is 2.19. The second-order valence-corrected chi connectivity index (χ2v) is 4.54. The van der Waals surface area contributed by atoms with Gasteiger partial charge in [-0.05, 0) is 6.07 Å². The molecule has 2 aliphatic rings. The summed E-state index contributed by atoms with van der Waals surface area (Å²) >= 11 is 0. The zero-order valence-electron chi connectivity index (χ0n) is 10.6. The van der Waals surface area contributed by atoms with E-state index in [9.17, 15) is 0 Å². The minimum atomic E-state index is 0.301. The highest BCUT2D eigenvalue weighted by Crippen LogP contribution is 2.38. The van der Waals surface area contributed by atoms with Crippen LogP contribution >= 0.6 is 0 Å². The molecular weight excluding hydrogens is 232 g/mol. The van der Waals surface area contributed by atoms with Gasteiger partial charge in [-0.3, -0.25) is 4.90 Å². The summed E-state index contributed by atoms with van der Waals surface area (Å²) in [5.74, 6) is 2.47. The second-order valence-electron chi connectivity index (χ2n) is 4.54. The predicted molar refractivity (Wildman–Crippen MR) is 67.3 cm³/mol. The predicted octanol–water partition coefficient (Wildman–Crippen LogP) is 0.829. The number of hydrogen-bond acceptors (Lipinski definition) is 5. The summed E-state index contributed by atoms with van der Waals surface area (Å²) in [6, 6.07) is 3.95. The summed E-state index contributed by atoms with van der Waals surface area (Å²) in [5.41, 5.74) is 1.16. The molecule has 98 valence electrons. The van der Waals surface area contributed by atoms with Crippen LogP contribution in [0.1, 0.15) is 5.56 Å². The average molecular weight is 250 g/mol. The number of piperazine rings is 1. The number of nitrogens with one attached hydrogen (secondary N) is 1. The van der Waals surface area contributed by atoms with Crippen LogP contribution in [0.4, 0.5) is 0 Å². The smallest absolute Gasteiger partial charge is 0.231 e. The first kappa shape index (κ1) is 11.6. The van der Waals surface area contributed by atoms with Gasteiger partial charge in [0.25, 0.3) is 0 Å². The topological polar surface area (TPSA) is 43.0 Å². The van der Waals surface area contributed by atoms with Crippen LogP contribution in [0.5, 0.6) is 17.2 Å². The molecule has 0 aliphatic carbocycles. The molecule has 18 heavy (non-hydrogen) atoms. The minimum Gasteiger partial charge on any atom is -0.496 e. The fourth-order valence-electron chi connectivity index (χ4n) is 2.39. The van der Waals surface area contributed by atoms with Crippen molar-refractivity contribution < 1.29 is 14.2 Å². The fraction of sp³-hybridized carbons (Fsp3) is 0.538. The quantitative estimate of drug-likeness (QED) is 0.860. The van der Waals surface area contributed by atoms with E-state index in [4.69, 9.17) is 14.2 Å². The van der Waals surface area contributed by atoms with Gasteiger partial charge in [0.2, 0.25) is 6.79 Å². The summed E-state index contributed by atoms with van der Waals surface area (Å²) < 4.78 is 16.2. The Labute approximate surface area is 107 Å². The van der Waals surface area contributed by atoms with Crippen molar-refractivity contribution >= 4 is 0 Å². The van der Waals surface area contributed by atoms with Gasteiger partial charge in [-0.25, -0.2) is 0 Å². The molecule has 0 unspecified atom stereocenters. The lowest BCUT2D eigenvalue weighted by Gasteiger charge is -2.27. The summed E-state index contributed by atoms with van der Waals surface area (Å²) in [7, 11) is 1.69. The molecule has 0 aromatic heterocycles. The molecule has 0 radical (unpaired) electrons. The molecular formula is C13H18N2O3. The van der Waals surface area contributed by atoms with Gasteiger partial charge in [0.1, 0.15) is 5.75 Å². The first-order valence-corrected chi connectivity index (χ1v) is 6.26. The number of fused-ring (bicyclic) bond motifs is 1. The molecule has 0 atom stereocenters. The zero-order chi connectivity index (χ0) is 12.4. The van der Waals surface area contributed by atoms with Crippen molar-refractivity contribution in [3.8, 4) is 17.2 Å². The van der Waals surface area contributed by atoms with E-state index in [-0.39, 0.29) is 0 Å². The van der Waals surface area contributed by atoms with Crippen LogP contribution in [0.2, 0.25) is 0 Å². The zero-order valence-corrected chi connectivity index (χ0v) is 10.6. The van der Waals surface area contributed by atoms with Crippen LogP contribution in [-0.2, 0) is 6.54 Å². The molecule has 0 spiro atoms. The van der Waals surface area contributed by atoms with Crippen LogP contribution in [0, 0.1) is 0 Å². The Kier molecular flexibility index (Phi) is 3.25. The molecule has 0 saturated carbocycles. The monoisotopic (exact) mass is 250 g/mol. The van der Waals surface area contributed by atoms with Crippen molar-refractivity contribution in [3.63, 3.8) is 0 Å². The minimum absolute atomic E-state index is 0.301. The van der Waals surface area contributed by atoms with Crippen molar-refractivity contribution in [1.29, 1.82) is 0 Å². The maximum absolute atomic E-state index is 5.43. The molecule has 5 nitrogen and oxygen atoms in total.